The zero-order valence-corrected chi connectivity index (χ0v) is 14.5. The number of rotatable bonds is 8. The van der Waals surface area contributed by atoms with Crippen LogP contribution in [0.25, 0.3) is 0 Å². The summed E-state index contributed by atoms with van der Waals surface area (Å²) in [6.45, 7) is 4.40. The highest BCUT2D eigenvalue weighted by molar-refractivity contribution is 9.10. The number of hydrogen-bond acceptors (Lipinski definition) is 4. The van der Waals surface area contributed by atoms with Gasteiger partial charge >= 0.3 is 5.97 Å². The molecule has 122 valence electrons. The maximum absolute atomic E-state index is 12.0. The van der Waals surface area contributed by atoms with Crippen molar-refractivity contribution in [2.45, 2.75) is 20.3 Å². The molecule has 0 saturated heterocycles. The number of nitrogens with zero attached hydrogens (tertiary/aromatic N) is 1. The molecule has 0 aliphatic rings. The van der Waals surface area contributed by atoms with Crippen molar-refractivity contribution in [3.05, 3.63) is 22.2 Å². The maximum atomic E-state index is 12.0. The van der Waals surface area contributed by atoms with Crippen molar-refractivity contribution in [2.24, 2.45) is 0 Å². The summed E-state index contributed by atoms with van der Waals surface area (Å²) in [5.74, 6) is -0.158. The molecule has 0 unspecified atom stereocenters. The van der Waals surface area contributed by atoms with E-state index in [4.69, 9.17) is 14.6 Å². The van der Waals surface area contributed by atoms with Crippen LogP contribution in [-0.4, -0.2) is 48.7 Å². The van der Waals surface area contributed by atoms with Crippen LogP contribution in [0.3, 0.4) is 0 Å². The Balaban J connectivity index is 2.96. The summed E-state index contributed by atoms with van der Waals surface area (Å²) in [6.07, 6.45) is 0.0802. The summed E-state index contributed by atoms with van der Waals surface area (Å²) in [5.41, 5.74) is 0.717. The molecule has 0 aliphatic heterocycles. The van der Waals surface area contributed by atoms with E-state index in [2.05, 4.69) is 15.9 Å². The lowest BCUT2D eigenvalue weighted by Gasteiger charge is -2.17. The molecule has 1 rings (SSSR count). The highest BCUT2D eigenvalue weighted by Gasteiger charge is 2.17. The summed E-state index contributed by atoms with van der Waals surface area (Å²) < 4.78 is 11.7. The van der Waals surface area contributed by atoms with Gasteiger partial charge in [-0.05, 0) is 31.5 Å². The van der Waals surface area contributed by atoms with Gasteiger partial charge in [-0.2, -0.15) is 0 Å². The van der Waals surface area contributed by atoms with Gasteiger partial charge in [0.05, 0.1) is 19.6 Å². The Bertz CT molecular complexity index is 547. The van der Waals surface area contributed by atoms with Gasteiger partial charge in [-0.1, -0.05) is 15.9 Å². The fourth-order valence-electron chi connectivity index (χ4n) is 1.84. The third kappa shape index (κ3) is 5.22. The fraction of sp³-hybridized carbons (Fsp3) is 0.467. The summed E-state index contributed by atoms with van der Waals surface area (Å²) in [6, 6.07) is 3.50. The summed E-state index contributed by atoms with van der Waals surface area (Å²) in [4.78, 5) is 23.9. The molecule has 0 bridgehead atoms. The average Bonchev–Trinajstić information content (AvgIpc) is 2.43. The Kier molecular flexibility index (Phi) is 7.17. The summed E-state index contributed by atoms with van der Waals surface area (Å²) in [5, 5.41) is 8.72. The number of carbonyl (C=O) groups is 2. The highest BCUT2D eigenvalue weighted by Crippen LogP contribution is 2.34. The number of hydrogen-bond donors (Lipinski definition) is 1. The van der Waals surface area contributed by atoms with Gasteiger partial charge in [-0.3, -0.25) is 9.59 Å². The SMILES string of the molecule is CCOc1cc(Br)c(CC(=O)N(C)CC(=O)O)cc1OCC. The van der Waals surface area contributed by atoms with Gasteiger partial charge in [0, 0.05) is 11.5 Å². The second-order valence-electron chi connectivity index (χ2n) is 4.58. The van der Waals surface area contributed by atoms with Crippen LogP contribution in [0.15, 0.2) is 16.6 Å². The van der Waals surface area contributed by atoms with Crippen molar-refractivity contribution in [2.75, 3.05) is 26.8 Å². The van der Waals surface area contributed by atoms with Crippen LogP contribution < -0.4 is 9.47 Å². The van der Waals surface area contributed by atoms with Crippen molar-refractivity contribution in [3.8, 4) is 11.5 Å². The van der Waals surface area contributed by atoms with Gasteiger partial charge in [0.25, 0.3) is 0 Å². The van der Waals surface area contributed by atoms with Crippen LogP contribution in [0.4, 0.5) is 0 Å². The molecule has 7 heteroatoms. The average molecular weight is 374 g/mol. The van der Waals surface area contributed by atoms with Gasteiger partial charge in [-0.25, -0.2) is 0 Å². The molecule has 1 N–H and O–H groups in total. The van der Waals surface area contributed by atoms with Crippen LogP contribution in [0.5, 0.6) is 11.5 Å². The molecule has 0 heterocycles. The monoisotopic (exact) mass is 373 g/mol. The zero-order valence-electron chi connectivity index (χ0n) is 12.9. The van der Waals surface area contributed by atoms with Crippen LogP contribution >= 0.6 is 15.9 Å². The molecular formula is C15H20BrNO5. The lowest BCUT2D eigenvalue weighted by molar-refractivity contribution is -0.143. The second-order valence-corrected chi connectivity index (χ2v) is 5.43. The first-order valence-electron chi connectivity index (χ1n) is 6.92. The zero-order chi connectivity index (χ0) is 16.7. The van der Waals surface area contributed by atoms with Crippen molar-refractivity contribution in [3.63, 3.8) is 0 Å². The van der Waals surface area contributed by atoms with Crippen molar-refractivity contribution >= 4 is 27.8 Å². The molecule has 22 heavy (non-hydrogen) atoms. The lowest BCUT2D eigenvalue weighted by atomic mass is 10.1. The minimum atomic E-state index is -1.04. The maximum Gasteiger partial charge on any atom is 0.323 e. The van der Waals surface area contributed by atoms with E-state index in [1.165, 1.54) is 11.9 Å². The minimum Gasteiger partial charge on any atom is -0.490 e. The molecule has 0 fully saturated rings. The summed E-state index contributed by atoms with van der Waals surface area (Å²) >= 11 is 3.41. The Morgan fingerprint density at radius 1 is 1.18 bits per heavy atom. The number of aliphatic carboxylic acids is 1. The number of carbonyl (C=O) groups excluding carboxylic acids is 1. The van der Waals surface area contributed by atoms with E-state index >= 15 is 0 Å². The molecular weight excluding hydrogens is 354 g/mol. The van der Waals surface area contributed by atoms with Gasteiger partial charge in [0.2, 0.25) is 5.91 Å². The first kappa shape index (κ1) is 18.3. The van der Waals surface area contributed by atoms with E-state index < -0.39 is 5.97 Å². The van der Waals surface area contributed by atoms with Crippen molar-refractivity contribution in [1.82, 2.24) is 4.90 Å². The standard InChI is InChI=1S/C15H20BrNO5/c1-4-21-12-6-10(11(16)8-13(12)22-5-2)7-14(18)17(3)9-15(19)20/h6,8H,4-5,7,9H2,1-3H3,(H,19,20). The predicted molar refractivity (Wildman–Crippen MR) is 85.5 cm³/mol. The number of benzene rings is 1. The molecule has 0 aromatic heterocycles. The molecule has 1 amide bonds. The third-order valence-electron chi connectivity index (χ3n) is 2.85. The molecule has 0 saturated carbocycles. The smallest absolute Gasteiger partial charge is 0.323 e. The van der Waals surface area contributed by atoms with Crippen LogP contribution in [0.2, 0.25) is 0 Å². The first-order chi connectivity index (χ1) is 10.4. The molecule has 1 aromatic carbocycles. The molecule has 0 atom stereocenters. The Hall–Kier alpha value is -1.76. The van der Waals surface area contributed by atoms with E-state index in [9.17, 15) is 9.59 Å². The van der Waals surface area contributed by atoms with Gasteiger partial charge in [-0.15, -0.1) is 0 Å². The molecule has 6 nitrogen and oxygen atoms in total. The van der Waals surface area contributed by atoms with Gasteiger partial charge in [0.15, 0.2) is 11.5 Å². The number of carboxylic acids is 1. The van der Waals surface area contributed by atoms with E-state index in [0.29, 0.717) is 30.3 Å². The van der Waals surface area contributed by atoms with Gasteiger partial charge < -0.3 is 19.5 Å². The Morgan fingerprint density at radius 3 is 2.23 bits per heavy atom. The minimum absolute atomic E-state index is 0.0802. The Morgan fingerprint density at radius 2 is 1.73 bits per heavy atom. The topological polar surface area (TPSA) is 76.1 Å². The van der Waals surface area contributed by atoms with E-state index in [1.54, 1.807) is 12.1 Å². The van der Waals surface area contributed by atoms with E-state index in [-0.39, 0.29) is 18.9 Å². The number of halogens is 1. The second kappa shape index (κ2) is 8.63. The molecule has 1 aromatic rings. The number of amides is 1. The molecule has 0 spiro atoms. The number of likely N-dealkylation sites (N-methyl/N-ethyl adjacent to an activating group) is 1. The fourth-order valence-corrected chi connectivity index (χ4v) is 2.30. The van der Waals surface area contributed by atoms with E-state index in [0.717, 1.165) is 4.47 Å². The normalized spacial score (nSPS) is 10.2. The van der Waals surface area contributed by atoms with Crippen LogP contribution in [-0.2, 0) is 16.0 Å². The van der Waals surface area contributed by atoms with Crippen LogP contribution in [0.1, 0.15) is 19.4 Å². The highest BCUT2D eigenvalue weighted by atomic mass is 79.9. The lowest BCUT2D eigenvalue weighted by Crippen LogP contribution is -2.33. The molecule has 0 aliphatic carbocycles. The van der Waals surface area contributed by atoms with E-state index in [1.807, 2.05) is 13.8 Å². The predicted octanol–water partition coefficient (Wildman–Crippen LogP) is 2.33. The number of ether oxygens (including phenoxy) is 2. The molecule has 0 radical (unpaired) electrons. The largest absolute Gasteiger partial charge is 0.490 e. The van der Waals surface area contributed by atoms with Crippen molar-refractivity contribution in [1.29, 1.82) is 0 Å². The van der Waals surface area contributed by atoms with Crippen LogP contribution in [0, 0.1) is 0 Å². The quantitative estimate of drug-likeness (QED) is 0.756. The van der Waals surface area contributed by atoms with Crippen molar-refractivity contribution < 1.29 is 24.2 Å². The third-order valence-corrected chi connectivity index (χ3v) is 3.59. The summed E-state index contributed by atoms with van der Waals surface area (Å²) in [7, 11) is 1.46. The van der Waals surface area contributed by atoms with Gasteiger partial charge in [0.1, 0.15) is 6.54 Å². The first-order valence-corrected chi connectivity index (χ1v) is 7.72. The Labute approximate surface area is 138 Å². The number of carboxylic acid groups (broad SMARTS) is 1.